The Bertz CT molecular complexity index is 1190. The van der Waals surface area contributed by atoms with Gasteiger partial charge in [0.2, 0.25) is 0 Å². The monoisotopic (exact) mass is 398 g/mol. The first-order valence-electron chi connectivity index (χ1n) is 10.1. The smallest absolute Gasteiger partial charge is 0.254 e. The number of pyridine rings is 1. The van der Waals surface area contributed by atoms with Gasteiger partial charge in [0.25, 0.3) is 5.91 Å². The van der Waals surface area contributed by atoms with Crippen LogP contribution in [-0.4, -0.2) is 32.4 Å². The second-order valence-electron chi connectivity index (χ2n) is 7.88. The van der Waals surface area contributed by atoms with Gasteiger partial charge in [-0.3, -0.25) is 9.78 Å². The largest absolute Gasteiger partial charge is 0.334 e. The summed E-state index contributed by atoms with van der Waals surface area (Å²) in [5, 5.41) is 0. The molecule has 0 saturated carbocycles. The molecule has 4 aromatic rings. The summed E-state index contributed by atoms with van der Waals surface area (Å²) in [5.74, 6) is 0.833. The fraction of sp³-hybridized carbons (Fsp3) is 0.240. The van der Waals surface area contributed by atoms with E-state index in [2.05, 4.69) is 48.5 Å². The summed E-state index contributed by atoms with van der Waals surface area (Å²) in [4.78, 5) is 23.4. The number of para-hydroxylation sites is 2. The van der Waals surface area contributed by atoms with Crippen LogP contribution in [0, 0.1) is 20.8 Å². The molecule has 5 heteroatoms. The van der Waals surface area contributed by atoms with Crippen LogP contribution in [0.2, 0.25) is 0 Å². The molecule has 0 fully saturated rings. The van der Waals surface area contributed by atoms with Gasteiger partial charge in [-0.15, -0.1) is 0 Å². The SMILES string of the molecule is Cc1cc(C)c(Cn2c(CN(C)C(=O)c3ccncc3)nc3ccccc32)c(C)c1. The first-order valence-corrected chi connectivity index (χ1v) is 10.1. The van der Waals surface area contributed by atoms with E-state index in [0.29, 0.717) is 12.1 Å². The predicted octanol–water partition coefficient (Wildman–Crippen LogP) is 4.68. The van der Waals surface area contributed by atoms with Crippen LogP contribution in [0.4, 0.5) is 0 Å². The first-order chi connectivity index (χ1) is 14.4. The van der Waals surface area contributed by atoms with Crippen LogP contribution in [-0.2, 0) is 13.1 Å². The summed E-state index contributed by atoms with van der Waals surface area (Å²) in [7, 11) is 1.81. The van der Waals surface area contributed by atoms with Gasteiger partial charge in [0.1, 0.15) is 5.82 Å². The Kier molecular flexibility index (Phi) is 5.36. The van der Waals surface area contributed by atoms with Crippen LogP contribution in [0.25, 0.3) is 11.0 Å². The summed E-state index contributed by atoms with van der Waals surface area (Å²) in [6.45, 7) is 7.60. The molecule has 0 spiro atoms. The molecular formula is C25H26N4O. The molecule has 152 valence electrons. The summed E-state index contributed by atoms with van der Waals surface area (Å²) >= 11 is 0. The minimum absolute atomic E-state index is 0.0429. The molecule has 30 heavy (non-hydrogen) atoms. The Morgan fingerprint density at radius 2 is 1.67 bits per heavy atom. The highest BCUT2D eigenvalue weighted by molar-refractivity contribution is 5.93. The molecule has 0 saturated heterocycles. The van der Waals surface area contributed by atoms with Gasteiger partial charge < -0.3 is 9.47 Å². The Morgan fingerprint density at radius 3 is 2.37 bits per heavy atom. The lowest BCUT2D eigenvalue weighted by atomic mass is 9.99. The molecule has 4 rings (SSSR count). The normalized spacial score (nSPS) is 11.1. The lowest BCUT2D eigenvalue weighted by Crippen LogP contribution is -2.28. The van der Waals surface area contributed by atoms with Gasteiger partial charge in [-0.05, 0) is 61.7 Å². The number of aromatic nitrogens is 3. The van der Waals surface area contributed by atoms with E-state index in [0.717, 1.165) is 23.4 Å². The number of amides is 1. The van der Waals surface area contributed by atoms with Crippen LogP contribution in [0.1, 0.15) is 38.4 Å². The van der Waals surface area contributed by atoms with Crippen molar-refractivity contribution in [2.75, 3.05) is 7.05 Å². The van der Waals surface area contributed by atoms with Crippen LogP contribution in [0.3, 0.4) is 0 Å². The summed E-state index contributed by atoms with van der Waals surface area (Å²) in [5.41, 5.74) is 7.77. The van der Waals surface area contributed by atoms with Gasteiger partial charge >= 0.3 is 0 Å². The number of hydrogen-bond donors (Lipinski definition) is 0. The van der Waals surface area contributed by atoms with Gasteiger partial charge in [0.05, 0.1) is 17.6 Å². The molecule has 0 aliphatic heterocycles. The number of hydrogen-bond acceptors (Lipinski definition) is 3. The van der Waals surface area contributed by atoms with Crippen molar-refractivity contribution >= 4 is 16.9 Å². The lowest BCUT2D eigenvalue weighted by Gasteiger charge is -2.19. The summed E-state index contributed by atoms with van der Waals surface area (Å²) in [6, 6.07) is 16.1. The maximum absolute atomic E-state index is 12.8. The molecule has 1 amide bonds. The molecule has 5 nitrogen and oxygen atoms in total. The Balaban J connectivity index is 1.72. The zero-order valence-corrected chi connectivity index (χ0v) is 17.9. The maximum Gasteiger partial charge on any atom is 0.254 e. The van der Waals surface area contributed by atoms with E-state index >= 15 is 0 Å². The Labute approximate surface area is 177 Å². The molecule has 2 heterocycles. The van der Waals surface area contributed by atoms with E-state index in [1.165, 1.54) is 22.3 Å². The van der Waals surface area contributed by atoms with Crippen molar-refractivity contribution in [2.45, 2.75) is 33.9 Å². The van der Waals surface area contributed by atoms with Crippen molar-refractivity contribution in [3.05, 3.63) is 94.6 Å². The lowest BCUT2D eigenvalue weighted by molar-refractivity contribution is 0.0780. The first kappa shape index (κ1) is 19.8. The molecular weight excluding hydrogens is 372 g/mol. The van der Waals surface area contributed by atoms with E-state index in [1.54, 1.807) is 29.4 Å². The second-order valence-corrected chi connectivity index (χ2v) is 7.88. The standard InChI is InChI=1S/C25H26N4O/c1-17-13-18(2)21(19(3)14-17)15-29-23-8-6-5-7-22(23)27-24(29)16-28(4)25(30)20-9-11-26-12-10-20/h5-14H,15-16H2,1-4H3. The van der Waals surface area contributed by atoms with Gasteiger partial charge in [0.15, 0.2) is 0 Å². The average molecular weight is 399 g/mol. The molecule has 2 aromatic heterocycles. The number of aryl methyl sites for hydroxylation is 3. The molecule has 0 aliphatic carbocycles. The van der Waals surface area contributed by atoms with Crippen molar-refractivity contribution in [2.24, 2.45) is 0 Å². The number of fused-ring (bicyclic) bond motifs is 1. The Morgan fingerprint density at radius 1 is 1.00 bits per heavy atom. The second kappa shape index (κ2) is 8.11. The quantitative estimate of drug-likeness (QED) is 0.491. The van der Waals surface area contributed by atoms with E-state index in [9.17, 15) is 4.79 Å². The van der Waals surface area contributed by atoms with Gasteiger partial charge in [-0.2, -0.15) is 0 Å². The van der Waals surface area contributed by atoms with Gasteiger partial charge in [-0.1, -0.05) is 29.8 Å². The van der Waals surface area contributed by atoms with Crippen LogP contribution < -0.4 is 0 Å². The van der Waals surface area contributed by atoms with Crippen molar-refractivity contribution in [3.63, 3.8) is 0 Å². The van der Waals surface area contributed by atoms with Gasteiger partial charge in [-0.25, -0.2) is 4.98 Å². The van der Waals surface area contributed by atoms with E-state index < -0.39 is 0 Å². The highest BCUT2D eigenvalue weighted by Crippen LogP contribution is 2.23. The third-order valence-electron chi connectivity index (χ3n) is 5.54. The number of rotatable bonds is 5. The minimum Gasteiger partial charge on any atom is -0.334 e. The summed E-state index contributed by atoms with van der Waals surface area (Å²) in [6.07, 6.45) is 3.28. The van der Waals surface area contributed by atoms with Crippen molar-refractivity contribution in [1.29, 1.82) is 0 Å². The van der Waals surface area contributed by atoms with Crippen LogP contribution in [0.15, 0.2) is 60.9 Å². The zero-order chi connectivity index (χ0) is 21.3. The third kappa shape index (κ3) is 3.83. The molecule has 0 atom stereocenters. The van der Waals surface area contributed by atoms with Crippen molar-refractivity contribution in [1.82, 2.24) is 19.4 Å². The van der Waals surface area contributed by atoms with E-state index in [1.807, 2.05) is 25.2 Å². The maximum atomic E-state index is 12.8. The molecule has 0 bridgehead atoms. The molecule has 0 unspecified atom stereocenters. The fourth-order valence-corrected chi connectivity index (χ4v) is 4.04. The molecule has 0 N–H and O–H groups in total. The van der Waals surface area contributed by atoms with Crippen LogP contribution >= 0.6 is 0 Å². The molecule has 0 aliphatic rings. The number of imidazole rings is 1. The Hall–Kier alpha value is -3.47. The van der Waals surface area contributed by atoms with Crippen molar-refractivity contribution < 1.29 is 4.79 Å². The average Bonchev–Trinajstić information content (AvgIpc) is 3.07. The number of carbonyl (C=O) groups excluding carboxylic acids is 1. The van der Waals surface area contributed by atoms with Crippen LogP contribution in [0.5, 0.6) is 0 Å². The number of nitrogens with zero attached hydrogens (tertiary/aromatic N) is 4. The highest BCUT2D eigenvalue weighted by atomic mass is 16.2. The third-order valence-corrected chi connectivity index (χ3v) is 5.54. The molecule has 2 aromatic carbocycles. The van der Waals surface area contributed by atoms with Gasteiger partial charge in [0, 0.05) is 31.5 Å². The number of carbonyl (C=O) groups is 1. The minimum atomic E-state index is -0.0429. The van der Waals surface area contributed by atoms with E-state index in [4.69, 9.17) is 4.98 Å². The topological polar surface area (TPSA) is 51.0 Å². The zero-order valence-electron chi connectivity index (χ0n) is 17.9. The molecule has 0 radical (unpaired) electrons. The predicted molar refractivity (Wildman–Crippen MR) is 120 cm³/mol. The van der Waals surface area contributed by atoms with E-state index in [-0.39, 0.29) is 5.91 Å². The summed E-state index contributed by atoms with van der Waals surface area (Å²) < 4.78 is 2.23. The fourth-order valence-electron chi connectivity index (χ4n) is 4.04. The van der Waals surface area contributed by atoms with Crippen molar-refractivity contribution in [3.8, 4) is 0 Å². The highest BCUT2D eigenvalue weighted by Gasteiger charge is 2.18. The number of benzene rings is 2.